The van der Waals surface area contributed by atoms with Gasteiger partial charge in [-0.15, -0.1) is 0 Å². The third kappa shape index (κ3) is 4.97. The second kappa shape index (κ2) is 7.38. The fourth-order valence-electron chi connectivity index (χ4n) is 2.89. The van der Waals surface area contributed by atoms with Crippen molar-refractivity contribution in [2.24, 2.45) is 5.73 Å². The molecule has 0 aromatic rings. The number of hydrogen-bond donors (Lipinski definition) is 1. The normalized spacial score (nSPS) is 21.7. The van der Waals surface area contributed by atoms with Crippen LogP contribution in [0.4, 0.5) is 0 Å². The van der Waals surface area contributed by atoms with Crippen molar-refractivity contribution in [2.45, 2.75) is 83.7 Å². The van der Waals surface area contributed by atoms with Gasteiger partial charge >= 0.3 is 0 Å². The maximum atomic E-state index is 6.58. The predicted molar refractivity (Wildman–Crippen MR) is 76.2 cm³/mol. The minimum Gasteiger partial charge on any atom is -0.324 e. The summed E-state index contributed by atoms with van der Waals surface area (Å²) in [5, 5.41) is 0. The third-order valence-electron chi connectivity index (χ3n) is 4.38. The van der Waals surface area contributed by atoms with Crippen LogP contribution in [0.1, 0.15) is 72.1 Å². The van der Waals surface area contributed by atoms with Crippen LogP contribution in [0.5, 0.6) is 0 Å². The zero-order valence-corrected chi connectivity index (χ0v) is 12.2. The second-order valence-corrected chi connectivity index (χ2v) is 6.00. The van der Waals surface area contributed by atoms with Gasteiger partial charge in [0.2, 0.25) is 0 Å². The molecule has 1 atom stereocenters. The average Bonchev–Trinajstić information content (AvgIpc) is 2.34. The smallest absolute Gasteiger partial charge is 0.0283 e. The first-order valence-corrected chi connectivity index (χ1v) is 7.64. The summed E-state index contributed by atoms with van der Waals surface area (Å²) in [4.78, 5) is 2.63. The molecule has 0 heterocycles. The number of nitrogens with two attached hydrogens (primary N) is 1. The maximum absolute atomic E-state index is 6.58. The molecule has 0 spiro atoms. The fraction of sp³-hybridized carbons (Fsp3) is 1.00. The Hall–Kier alpha value is -0.0800. The topological polar surface area (TPSA) is 29.3 Å². The molecule has 102 valence electrons. The van der Waals surface area contributed by atoms with Gasteiger partial charge in [-0.05, 0) is 39.2 Å². The molecule has 0 bridgehead atoms. The Kier molecular flexibility index (Phi) is 6.50. The summed E-state index contributed by atoms with van der Waals surface area (Å²) in [6, 6.07) is 0.684. The van der Waals surface area contributed by atoms with E-state index in [1.165, 1.54) is 57.9 Å². The summed E-state index contributed by atoms with van der Waals surface area (Å²) in [6.07, 6.45) is 10.3. The highest BCUT2D eigenvalue weighted by molar-refractivity contribution is 4.91. The van der Waals surface area contributed by atoms with E-state index in [1.54, 1.807) is 0 Å². The number of rotatable bonds is 7. The van der Waals surface area contributed by atoms with Gasteiger partial charge in [-0.3, -0.25) is 4.90 Å². The summed E-state index contributed by atoms with van der Waals surface area (Å²) in [5.74, 6) is 0. The quantitative estimate of drug-likeness (QED) is 0.737. The Morgan fingerprint density at radius 2 is 1.82 bits per heavy atom. The van der Waals surface area contributed by atoms with Crippen molar-refractivity contribution in [1.29, 1.82) is 0 Å². The van der Waals surface area contributed by atoms with Gasteiger partial charge < -0.3 is 5.73 Å². The molecule has 0 amide bonds. The van der Waals surface area contributed by atoms with Gasteiger partial charge in [0.25, 0.3) is 0 Å². The molecule has 1 aliphatic carbocycles. The van der Waals surface area contributed by atoms with Crippen LogP contribution >= 0.6 is 0 Å². The Balaban J connectivity index is 2.50. The summed E-state index contributed by atoms with van der Waals surface area (Å²) in [6.45, 7) is 9.25. The molecule has 0 aromatic heterocycles. The maximum Gasteiger partial charge on any atom is 0.0283 e. The van der Waals surface area contributed by atoms with Crippen LogP contribution in [-0.2, 0) is 0 Å². The molecule has 1 aliphatic rings. The van der Waals surface area contributed by atoms with E-state index in [-0.39, 0.29) is 5.54 Å². The highest BCUT2D eigenvalue weighted by Crippen LogP contribution is 2.27. The van der Waals surface area contributed by atoms with E-state index in [0.29, 0.717) is 6.04 Å². The molecular formula is C15H32N2. The molecule has 2 N–H and O–H groups in total. The molecule has 1 rings (SSSR count). The van der Waals surface area contributed by atoms with Crippen molar-refractivity contribution >= 4 is 0 Å². The summed E-state index contributed by atoms with van der Waals surface area (Å²) in [5.41, 5.74) is 6.69. The SMILES string of the molecule is CCCCN(CC1(N)CCCCC1)C(C)CC. The van der Waals surface area contributed by atoms with Crippen molar-refractivity contribution in [2.75, 3.05) is 13.1 Å². The van der Waals surface area contributed by atoms with Crippen molar-refractivity contribution in [3.05, 3.63) is 0 Å². The molecule has 0 aliphatic heterocycles. The third-order valence-corrected chi connectivity index (χ3v) is 4.38. The van der Waals surface area contributed by atoms with Gasteiger partial charge in [0.05, 0.1) is 0 Å². The van der Waals surface area contributed by atoms with Gasteiger partial charge in [-0.2, -0.15) is 0 Å². The highest BCUT2D eigenvalue weighted by Gasteiger charge is 2.30. The molecule has 2 heteroatoms. The number of hydrogen-bond acceptors (Lipinski definition) is 2. The molecule has 17 heavy (non-hydrogen) atoms. The highest BCUT2D eigenvalue weighted by atomic mass is 15.2. The zero-order chi connectivity index (χ0) is 12.7. The molecule has 0 radical (unpaired) electrons. The lowest BCUT2D eigenvalue weighted by Gasteiger charge is -2.40. The van der Waals surface area contributed by atoms with Crippen LogP contribution in [0.25, 0.3) is 0 Å². The van der Waals surface area contributed by atoms with Gasteiger partial charge in [0.15, 0.2) is 0 Å². The first-order valence-electron chi connectivity index (χ1n) is 7.64. The minimum absolute atomic E-state index is 0.107. The lowest BCUT2D eigenvalue weighted by atomic mass is 9.82. The second-order valence-electron chi connectivity index (χ2n) is 6.00. The van der Waals surface area contributed by atoms with Crippen molar-refractivity contribution in [1.82, 2.24) is 4.90 Å². The van der Waals surface area contributed by atoms with Gasteiger partial charge in [-0.1, -0.05) is 39.5 Å². The Morgan fingerprint density at radius 1 is 1.18 bits per heavy atom. The fourth-order valence-corrected chi connectivity index (χ4v) is 2.89. The van der Waals surface area contributed by atoms with Crippen LogP contribution < -0.4 is 5.73 Å². The van der Waals surface area contributed by atoms with E-state index >= 15 is 0 Å². The van der Waals surface area contributed by atoms with Crippen molar-refractivity contribution in [3.63, 3.8) is 0 Å². The molecule has 1 saturated carbocycles. The zero-order valence-electron chi connectivity index (χ0n) is 12.2. The predicted octanol–water partition coefficient (Wildman–Crippen LogP) is 3.55. The van der Waals surface area contributed by atoms with E-state index in [9.17, 15) is 0 Å². The van der Waals surface area contributed by atoms with E-state index in [1.807, 2.05) is 0 Å². The van der Waals surface area contributed by atoms with E-state index in [0.717, 1.165) is 6.54 Å². The molecule has 0 saturated heterocycles. The van der Waals surface area contributed by atoms with Crippen molar-refractivity contribution in [3.8, 4) is 0 Å². The monoisotopic (exact) mass is 240 g/mol. The first-order chi connectivity index (χ1) is 8.11. The number of nitrogens with zero attached hydrogens (tertiary/aromatic N) is 1. The van der Waals surface area contributed by atoms with Gasteiger partial charge in [-0.25, -0.2) is 0 Å². The first kappa shape index (κ1) is 15.0. The van der Waals surface area contributed by atoms with Crippen LogP contribution in [0, 0.1) is 0 Å². The Morgan fingerprint density at radius 3 is 2.35 bits per heavy atom. The van der Waals surface area contributed by atoms with Crippen LogP contribution in [0.3, 0.4) is 0 Å². The molecule has 2 nitrogen and oxygen atoms in total. The van der Waals surface area contributed by atoms with Crippen LogP contribution in [0.2, 0.25) is 0 Å². The molecule has 1 fully saturated rings. The number of unbranched alkanes of at least 4 members (excludes halogenated alkanes) is 1. The molecule has 0 aromatic carbocycles. The molecular weight excluding hydrogens is 208 g/mol. The van der Waals surface area contributed by atoms with E-state index in [4.69, 9.17) is 5.73 Å². The molecule has 1 unspecified atom stereocenters. The van der Waals surface area contributed by atoms with E-state index in [2.05, 4.69) is 25.7 Å². The Bertz CT molecular complexity index is 197. The van der Waals surface area contributed by atoms with Crippen molar-refractivity contribution < 1.29 is 0 Å². The standard InChI is InChI=1S/C15H32N2/c1-4-6-12-17(14(3)5-2)13-15(16)10-8-7-9-11-15/h14H,4-13,16H2,1-3H3. The minimum atomic E-state index is 0.107. The summed E-state index contributed by atoms with van der Waals surface area (Å²) >= 11 is 0. The Labute approximate surface area is 108 Å². The lowest BCUT2D eigenvalue weighted by molar-refractivity contribution is 0.132. The van der Waals surface area contributed by atoms with Crippen LogP contribution in [-0.4, -0.2) is 29.6 Å². The largest absolute Gasteiger partial charge is 0.324 e. The summed E-state index contributed by atoms with van der Waals surface area (Å²) < 4.78 is 0. The van der Waals surface area contributed by atoms with Gasteiger partial charge in [0, 0.05) is 18.1 Å². The van der Waals surface area contributed by atoms with E-state index < -0.39 is 0 Å². The lowest BCUT2D eigenvalue weighted by Crippen LogP contribution is -2.53. The summed E-state index contributed by atoms with van der Waals surface area (Å²) in [7, 11) is 0. The average molecular weight is 240 g/mol. The van der Waals surface area contributed by atoms with Gasteiger partial charge in [0.1, 0.15) is 0 Å². The van der Waals surface area contributed by atoms with Crippen LogP contribution in [0.15, 0.2) is 0 Å².